The van der Waals surface area contributed by atoms with Gasteiger partial charge in [0.1, 0.15) is 11.1 Å². The summed E-state index contributed by atoms with van der Waals surface area (Å²) in [6.07, 6.45) is 0. The van der Waals surface area contributed by atoms with Gasteiger partial charge in [-0.3, -0.25) is 4.79 Å². The third-order valence-electron chi connectivity index (χ3n) is 4.26. The molecule has 8 heteroatoms. The van der Waals surface area contributed by atoms with Crippen molar-refractivity contribution in [3.05, 3.63) is 86.8 Å². The van der Waals surface area contributed by atoms with Gasteiger partial charge in [0.15, 0.2) is 9.84 Å². The predicted octanol–water partition coefficient (Wildman–Crippen LogP) is 4.79. The molecule has 146 valence electrons. The van der Waals surface area contributed by atoms with Crippen molar-refractivity contribution in [1.82, 2.24) is 5.32 Å². The van der Waals surface area contributed by atoms with Crippen LogP contribution in [0.15, 0.2) is 64.9 Å². The molecule has 0 aliphatic rings. The van der Waals surface area contributed by atoms with Crippen LogP contribution >= 0.6 is 22.9 Å². The number of amides is 1. The van der Waals surface area contributed by atoms with Gasteiger partial charge >= 0.3 is 0 Å². The van der Waals surface area contributed by atoms with E-state index in [-0.39, 0.29) is 27.6 Å². The predicted molar refractivity (Wildman–Crippen MR) is 109 cm³/mol. The molecule has 4 nitrogen and oxygen atoms in total. The van der Waals surface area contributed by atoms with Crippen molar-refractivity contribution >= 4 is 38.7 Å². The van der Waals surface area contributed by atoms with E-state index in [2.05, 4.69) is 5.32 Å². The van der Waals surface area contributed by atoms with Gasteiger partial charge in [-0.25, -0.2) is 12.8 Å². The molecule has 0 fully saturated rings. The number of rotatable bonds is 6. The Labute approximate surface area is 171 Å². The van der Waals surface area contributed by atoms with Crippen LogP contribution in [0, 0.1) is 12.7 Å². The largest absolute Gasteiger partial charge is 0.350 e. The number of benzene rings is 2. The molecular formula is C20H17ClFNO3S2. The van der Waals surface area contributed by atoms with Crippen LogP contribution in [0.4, 0.5) is 4.39 Å². The molecule has 0 radical (unpaired) electrons. The summed E-state index contributed by atoms with van der Waals surface area (Å²) in [4.78, 5) is 13.1. The van der Waals surface area contributed by atoms with E-state index in [4.69, 9.17) is 11.6 Å². The minimum Gasteiger partial charge on any atom is -0.350 e. The average Bonchev–Trinajstić information content (AvgIpc) is 3.18. The number of aryl methyl sites for hydroxylation is 1. The number of carbonyl (C=O) groups is 1. The van der Waals surface area contributed by atoms with Crippen molar-refractivity contribution in [2.45, 2.75) is 17.1 Å². The second-order valence-corrected chi connectivity index (χ2v) is 9.67. The van der Waals surface area contributed by atoms with Crippen molar-refractivity contribution < 1.29 is 17.6 Å². The Morgan fingerprint density at radius 2 is 1.93 bits per heavy atom. The number of sulfone groups is 1. The van der Waals surface area contributed by atoms with Crippen LogP contribution in [0.25, 0.3) is 0 Å². The Bertz CT molecular complexity index is 1100. The topological polar surface area (TPSA) is 63.2 Å². The molecule has 1 atom stereocenters. The van der Waals surface area contributed by atoms with E-state index in [0.29, 0.717) is 4.88 Å². The molecule has 0 saturated carbocycles. The second kappa shape index (κ2) is 8.43. The van der Waals surface area contributed by atoms with Crippen molar-refractivity contribution in [1.29, 1.82) is 0 Å². The monoisotopic (exact) mass is 437 g/mol. The summed E-state index contributed by atoms with van der Waals surface area (Å²) in [5, 5.41) is 3.71. The van der Waals surface area contributed by atoms with Gasteiger partial charge in [0.25, 0.3) is 5.91 Å². The SMILES string of the molecule is Cc1cc(S(=O)(=O)[C@@H](CNC(=O)c2ccccc2Cl)c2cccs2)ccc1F. The Kier molecular flexibility index (Phi) is 6.17. The van der Waals surface area contributed by atoms with E-state index in [1.165, 1.54) is 30.4 Å². The van der Waals surface area contributed by atoms with Gasteiger partial charge in [-0.2, -0.15) is 0 Å². The van der Waals surface area contributed by atoms with Crippen molar-refractivity contribution in [3.8, 4) is 0 Å². The lowest BCUT2D eigenvalue weighted by molar-refractivity contribution is 0.0954. The normalized spacial score (nSPS) is 12.5. The maximum absolute atomic E-state index is 13.6. The van der Waals surface area contributed by atoms with E-state index >= 15 is 0 Å². The first-order valence-corrected chi connectivity index (χ1v) is 11.2. The van der Waals surface area contributed by atoms with Gasteiger partial charge in [-0.15, -0.1) is 11.3 Å². The fourth-order valence-electron chi connectivity index (χ4n) is 2.72. The third kappa shape index (κ3) is 4.27. The standard InChI is InChI=1S/C20H17ClFNO3S2/c1-13-11-14(8-9-17(13)22)28(25,26)19(18-7-4-10-27-18)12-23-20(24)15-5-2-3-6-16(15)21/h2-11,19H,12H2,1H3,(H,23,24)/t19-/m0/s1. The maximum atomic E-state index is 13.6. The summed E-state index contributed by atoms with van der Waals surface area (Å²) in [5.74, 6) is -0.934. The number of nitrogens with one attached hydrogen (secondary N) is 1. The fraction of sp³-hybridized carbons (Fsp3) is 0.150. The Hall–Kier alpha value is -2.22. The molecule has 0 bridgehead atoms. The molecule has 0 spiro atoms. The highest BCUT2D eigenvalue weighted by atomic mass is 35.5. The van der Waals surface area contributed by atoms with E-state index < -0.39 is 26.8 Å². The molecule has 1 N–H and O–H groups in total. The van der Waals surface area contributed by atoms with Gasteiger partial charge in [0, 0.05) is 11.4 Å². The molecule has 0 saturated heterocycles. The molecule has 1 heterocycles. The van der Waals surface area contributed by atoms with Gasteiger partial charge in [0.05, 0.1) is 15.5 Å². The zero-order valence-electron chi connectivity index (χ0n) is 14.9. The molecule has 0 aliphatic carbocycles. The van der Waals surface area contributed by atoms with Gasteiger partial charge in [-0.1, -0.05) is 29.8 Å². The molecule has 0 unspecified atom stereocenters. The Morgan fingerprint density at radius 3 is 2.57 bits per heavy atom. The molecule has 1 amide bonds. The highest BCUT2D eigenvalue weighted by Crippen LogP contribution is 2.32. The summed E-state index contributed by atoms with van der Waals surface area (Å²) in [6, 6.07) is 13.7. The lowest BCUT2D eigenvalue weighted by atomic mass is 10.2. The first-order valence-electron chi connectivity index (χ1n) is 8.37. The van der Waals surface area contributed by atoms with Crippen molar-refractivity contribution in [3.63, 3.8) is 0 Å². The number of carbonyl (C=O) groups excluding carboxylic acids is 1. The van der Waals surface area contributed by atoms with Crippen LogP contribution in [0.3, 0.4) is 0 Å². The van der Waals surface area contributed by atoms with Crippen LogP contribution in [0.2, 0.25) is 5.02 Å². The first-order chi connectivity index (χ1) is 13.3. The van der Waals surface area contributed by atoms with Gasteiger partial charge < -0.3 is 5.32 Å². The van der Waals surface area contributed by atoms with Gasteiger partial charge in [0.2, 0.25) is 0 Å². The average molecular weight is 438 g/mol. The van der Waals surface area contributed by atoms with Crippen molar-refractivity contribution in [2.24, 2.45) is 0 Å². The summed E-state index contributed by atoms with van der Waals surface area (Å²) < 4.78 is 40.0. The molecule has 3 aromatic rings. The van der Waals surface area contributed by atoms with Crippen LogP contribution in [0.5, 0.6) is 0 Å². The van der Waals surface area contributed by atoms with Crippen LogP contribution in [-0.2, 0) is 9.84 Å². The van der Waals surface area contributed by atoms with Crippen LogP contribution in [0.1, 0.15) is 26.0 Å². The summed E-state index contributed by atoms with van der Waals surface area (Å²) in [5.41, 5.74) is 0.509. The molecule has 28 heavy (non-hydrogen) atoms. The molecule has 2 aromatic carbocycles. The first kappa shape index (κ1) is 20.5. The van der Waals surface area contributed by atoms with Crippen LogP contribution < -0.4 is 5.32 Å². The lowest BCUT2D eigenvalue weighted by Crippen LogP contribution is -2.31. The zero-order valence-corrected chi connectivity index (χ0v) is 17.2. The van der Waals surface area contributed by atoms with Gasteiger partial charge in [-0.05, 0) is 54.3 Å². The minimum absolute atomic E-state index is 0.0109. The molecular weight excluding hydrogens is 421 g/mol. The molecule has 3 rings (SSSR count). The third-order valence-corrected chi connectivity index (χ3v) is 7.81. The highest BCUT2D eigenvalue weighted by Gasteiger charge is 2.31. The number of hydrogen-bond acceptors (Lipinski definition) is 4. The smallest absolute Gasteiger partial charge is 0.252 e. The Morgan fingerprint density at radius 1 is 1.18 bits per heavy atom. The fourth-order valence-corrected chi connectivity index (χ4v) is 5.81. The number of hydrogen-bond donors (Lipinski definition) is 1. The van der Waals surface area contributed by atoms with E-state index in [1.54, 1.807) is 41.8 Å². The summed E-state index contributed by atoms with van der Waals surface area (Å²) in [6.45, 7) is 1.37. The van der Waals surface area contributed by atoms with E-state index in [0.717, 1.165) is 6.07 Å². The van der Waals surface area contributed by atoms with Crippen molar-refractivity contribution in [2.75, 3.05) is 6.54 Å². The van der Waals surface area contributed by atoms with E-state index in [9.17, 15) is 17.6 Å². The second-order valence-electron chi connectivity index (χ2n) is 6.15. The molecule has 1 aromatic heterocycles. The highest BCUT2D eigenvalue weighted by molar-refractivity contribution is 7.91. The van der Waals surface area contributed by atoms with Crippen LogP contribution in [-0.4, -0.2) is 20.9 Å². The lowest BCUT2D eigenvalue weighted by Gasteiger charge is -2.18. The summed E-state index contributed by atoms with van der Waals surface area (Å²) in [7, 11) is -3.86. The van der Waals surface area contributed by atoms with E-state index in [1.807, 2.05) is 0 Å². The number of thiophene rings is 1. The minimum atomic E-state index is -3.86. The molecule has 0 aliphatic heterocycles. The number of halogens is 2. The quantitative estimate of drug-likeness (QED) is 0.564. The maximum Gasteiger partial charge on any atom is 0.252 e. The summed E-state index contributed by atoms with van der Waals surface area (Å²) >= 11 is 7.32. The Balaban J connectivity index is 1.91. The zero-order chi connectivity index (χ0) is 20.3.